The van der Waals surface area contributed by atoms with Crippen molar-refractivity contribution in [3.8, 4) is 0 Å². The molecule has 1 aromatic rings. The monoisotopic (exact) mass is 220 g/mol. The zero-order chi connectivity index (χ0) is 12.0. The van der Waals surface area contributed by atoms with Gasteiger partial charge in [-0.25, -0.2) is 0 Å². The van der Waals surface area contributed by atoms with E-state index in [2.05, 4.69) is 44.1 Å². The first-order valence-electron chi connectivity index (χ1n) is 6.29. The van der Waals surface area contributed by atoms with Crippen LogP contribution in [-0.4, -0.2) is 11.5 Å². The molecule has 0 saturated carbocycles. The van der Waals surface area contributed by atoms with Gasteiger partial charge in [-0.2, -0.15) is 0 Å². The van der Waals surface area contributed by atoms with Crippen molar-refractivity contribution in [3.63, 3.8) is 0 Å². The summed E-state index contributed by atoms with van der Waals surface area (Å²) in [5.41, 5.74) is 2.69. The zero-order valence-electron chi connectivity index (χ0n) is 11.0. The Morgan fingerprint density at radius 2 is 2.06 bits per heavy atom. The van der Waals surface area contributed by atoms with E-state index >= 15 is 0 Å². The third-order valence-electron chi connectivity index (χ3n) is 2.94. The SMILES string of the molecule is CCNC(CCC(C)C)c1cnccc1C. The van der Waals surface area contributed by atoms with E-state index in [-0.39, 0.29) is 0 Å². The van der Waals surface area contributed by atoms with Crippen molar-refractivity contribution in [3.05, 3.63) is 29.6 Å². The third kappa shape index (κ3) is 3.93. The molecule has 0 aliphatic carbocycles. The Morgan fingerprint density at radius 3 is 2.62 bits per heavy atom. The number of aromatic nitrogens is 1. The Kier molecular flexibility index (Phi) is 5.47. The molecule has 1 heterocycles. The fourth-order valence-corrected chi connectivity index (χ4v) is 1.95. The lowest BCUT2D eigenvalue weighted by Crippen LogP contribution is -2.22. The van der Waals surface area contributed by atoms with Gasteiger partial charge in [0.05, 0.1) is 0 Å². The topological polar surface area (TPSA) is 24.9 Å². The third-order valence-corrected chi connectivity index (χ3v) is 2.94. The average Bonchev–Trinajstić information content (AvgIpc) is 2.25. The lowest BCUT2D eigenvalue weighted by Gasteiger charge is -2.20. The second kappa shape index (κ2) is 6.64. The fraction of sp³-hybridized carbons (Fsp3) is 0.643. The molecule has 0 amide bonds. The summed E-state index contributed by atoms with van der Waals surface area (Å²) in [6, 6.07) is 2.55. The van der Waals surface area contributed by atoms with E-state index in [4.69, 9.17) is 0 Å². The summed E-state index contributed by atoms with van der Waals surface area (Å²) in [4.78, 5) is 4.24. The number of pyridine rings is 1. The van der Waals surface area contributed by atoms with Gasteiger partial charge in [0.15, 0.2) is 0 Å². The van der Waals surface area contributed by atoms with Crippen molar-refractivity contribution >= 4 is 0 Å². The normalized spacial score (nSPS) is 13.1. The number of rotatable bonds is 6. The number of nitrogens with zero attached hydrogens (tertiary/aromatic N) is 1. The second-order valence-corrected chi connectivity index (χ2v) is 4.81. The van der Waals surface area contributed by atoms with Gasteiger partial charge in [-0.3, -0.25) is 4.98 Å². The van der Waals surface area contributed by atoms with Gasteiger partial charge in [-0.1, -0.05) is 20.8 Å². The molecule has 90 valence electrons. The van der Waals surface area contributed by atoms with E-state index in [0.717, 1.165) is 12.5 Å². The molecule has 0 fully saturated rings. The van der Waals surface area contributed by atoms with Crippen LogP contribution in [0.25, 0.3) is 0 Å². The quantitative estimate of drug-likeness (QED) is 0.794. The van der Waals surface area contributed by atoms with Crippen molar-refractivity contribution in [2.24, 2.45) is 5.92 Å². The van der Waals surface area contributed by atoms with E-state index in [1.54, 1.807) is 0 Å². The molecule has 0 aromatic carbocycles. The van der Waals surface area contributed by atoms with E-state index < -0.39 is 0 Å². The van der Waals surface area contributed by atoms with Gasteiger partial charge in [0.25, 0.3) is 0 Å². The second-order valence-electron chi connectivity index (χ2n) is 4.81. The van der Waals surface area contributed by atoms with Crippen LogP contribution in [0.4, 0.5) is 0 Å². The minimum absolute atomic E-state index is 0.459. The highest BCUT2D eigenvalue weighted by Gasteiger charge is 2.13. The highest BCUT2D eigenvalue weighted by molar-refractivity contribution is 5.24. The van der Waals surface area contributed by atoms with Crippen molar-refractivity contribution < 1.29 is 0 Å². The Bertz CT molecular complexity index is 307. The summed E-state index contributed by atoms with van der Waals surface area (Å²) in [5.74, 6) is 0.762. The molecule has 0 aliphatic heterocycles. The maximum atomic E-state index is 4.24. The van der Waals surface area contributed by atoms with Crippen molar-refractivity contribution in [1.82, 2.24) is 10.3 Å². The average molecular weight is 220 g/mol. The van der Waals surface area contributed by atoms with Crippen LogP contribution >= 0.6 is 0 Å². The Labute approximate surface area is 99.5 Å². The number of hydrogen-bond donors (Lipinski definition) is 1. The summed E-state index contributed by atoms with van der Waals surface area (Å²) in [6.07, 6.45) is 6.32. The van der Waals surface area contributed by atoms with E-state index in [9.17, 15) is 0 Å². The van der Waals surface area contributed by atoms with Gasteiger partial charge in [0.1, 0.15) is 0 Å². The van der Waals surface area contributed by atoms with Gasteiger partial charge in [0, 0.05) is 18.4 Å². The lowest BCUT2D eigenvalue weighted by atomic mass is 9.96. The summed E-state index contributed by atoms with van der Waals surface area (Å²) in [5, 5.41) is 3.56. The zero-order valence-corrected chi connectivity index (χ0v) is 11.0. The Morgan fingerprint density at radius 1 is 1.31 bits per heavy atom. The summed E-state index contributed by atoms with van der Waals surface area (Å²) in [6.45, 7) is 9.89. The van der Waals surface area contributed by atoms with Crippen molar-refractivity contribution in [1.29, 1.82) is 0 Å². The molecular weight excluding hydrogens is 196 g/mol. The molecule has 0 spiro atoms. The van der Waals surface area contributed by atoms with Crippen molar-refractivity contribution in [2.75, 3.05) is 6.54 Å². The maximum absolute atomic E-state index is 4.24. The summed E-state index contributed by atoms with van der Waals surface area (Å²) >= 11 is 0. The first-order chi connectivity index (χ1) is 7.65. The van der Waals surface area contributed by atoms with Crippen LogP contribution in [0, 0.1) is 12.8 Å². The van der Waals surface area contributed by atoms with E-state index in [1.165, 1.54) is 24.0 Å². The molecule has 1 N–H and O–H groups in total. The predicted molar refractivity (Wildman–Crippen MR) is 69.5 cm³/mol. The molecule has 1 atom stereocenters. The molecule has 2 heteroatoms. The fourth-order valence-electron chi connectivity index (χ4n) is 1.95. The highest BCUT2D eigenvalue weighted by atomic mass is 14.9. The van der Waals surface area contributed by atoms with E-state index in [0.29, 0.717) is 6.04 Å². The molecule has 1 unspecified atom stereocenters. The van der Waals surface area contributed by atoms with Gasteiger partial charge in [-0.05, 0) is 49.4 Å². The molecule has 0 bridgehead atoms. The minimum Gasteiger partial charge on any atom is -0.310 e. The molecule has 2 nitrogen and oxygen atoms in total. The van der Waals surface area contributed by atoms with Gasteiger partial charge in [0.2, 0.25) is 0 Å². The first kappa shape index (κ1) is 13.2. The van der Waals surface area contributed by atoms with Crippen molar-refractivity contribution in [2.45, 2.75) is 46.6 Å². The standard InChI is InChI=1S/C14H24N2/c1-5-16-14(7-6-11(2)3)13-10-15-9-8-12(13)4/h8-11,14,16H,5-7H2,1-4H3. The smallest absolute Gasteiger partial charge is 0.0338 e. The van der Waals surface area contributed by atoms with E-state index in [1.807, 2.05) is 12.4 Å². The van der Waals surface area contributed by atoms with Crippen LogP contribution in [0.3, 0.4) is 0 Å². The number of hydrogen-bond acceptors (Lipinski definition) is 2. The molecule has 0 aliphatic rings. The van der Waals surface area contributed by atoms with Gasteiger partial charge < -0.3 is 5.32 Å². The molecule has 0 radical (unpaired) electrons. The lowest BCUT2D eigenvalue weighted by molar-refractivity contribution is 0.446. The van der Waals surface area contributed by atoms with Crippen LogP contribution in [0.1, 0.15) is 50.8 Å². The molecular formula is C14H24N2. The van der Waals surface area contributed by atoms with Crippen LogP contribution in [-0.2, 0) is 0 Å². The summed E-state index contributed by atoms with van der Waals surface area (Å²) < 4.78 is 0. The molecule has 1 rings (SSSR count). The predicted octanol–water partition coefficient (Wildman–Crippen LogP) is 3.48. The van der Waals surface area contributed by atoms with Gasteiger partial charge in [-0.15, -0.1) is 0 Å². The minimum atomic E-state index is 0.459. The number of aryl methyl sites for hydroxylation is 1. The van der Waals surface area contributed by atoms with Gasteiger partial charge >= 0.3 is 0 Å². The first-order valence-corrected chi connectivity index (χ1v) is 6.29. The Balaban J connectivity index is 2.73. The van der Waals surface area contributed by atoms with Crippen LogP contribution in [0.15, 0.2) is 18.5 Å². The van der Waals surface area contributed by atoms with Crippen LogP contribution < -0.4 is 5.32 Å². The molecule has 16 heavy (non-hydrogen) atoms. The largest absolute Gasteiger partial charge is 0.310 e. The van der Waals surface area contributed by atoms with Crippen LogP contribution in [0.5, 0.6) is 0 Å². The highest BCUT2D eigenvalue weighted by Crippen LogP contribution is 2.22. The maximum Gasteiger partial charge on any atom is 0.0338 e. The summed E-state index contributed by atoms with van der Waals surface area (Å²) in [7, 11) is 0. The Hall–Kier alpha value is -0.890. The molecule has 1 aromatic heterocycles. The molecule has 0 saturated heterocycles. The van der Waals surface area contributed by atoms with Crippen LogP contribution in [0.2, 0.25) is 0 Å². The number of nitrogens with one attached hydrogen (secondary N) is 1.